The first-order valence-corrected chi connectivity index (χ1v) is 12.2. The van der Waals surface area contributed by atoms with Crippen molar-refractivity contribution in [1.82, 2.24) is 25.0 Å². The van der Waals surface area contributed by atoms with Gasteiger partial charge in [-0.15, -0.1) is 0 Å². The van der Waals surface area contributed by atoms with Crippen molar-refractivity contribution in [2.45, 2.75) is 77.0 Å². The summed E-state index contributed by atoms with van der Waals surface area (Å²) in [4.78, 5) is 20.7. The van der Waals surface area contributed by atoms with E-state index in [1.54, 1.807) is 24.9 Å². The van der Waals surface area contributed by atoms with E-state index in [1.165, 1.54) is 0 Å². The Labute approximate surface area is 197 Å². The Morgan fingerprint density at radius 3 is 2.68 bits per heavy atom. The predicted octanol–water partition coefficient (Wildman–Crippen LogP) is 3.78. The molecule has 0 spiro atoms. The standard InChI is InChI=1S/C24H32F2N6O2/c1-14-17(22(25)26)12-21-19(28-14)4-3-10-31(21)23-18-13-30(24(34)27-2)11-9-20(18)32(29-23)15-5-7-16(33)8-6-15/h12,15-16,22,33H,3-11,13H2,1-2H3,(H,27,34). The molecule has 2 N–H and O–H groups in total. The zero-order chi connectivity index (χ0) is 24.0. The number of nitrogens with one attached hydrogen (secondary N) is 1. The number of carbonyl (C=O) groups excluding carboxylic acids is 1. The van der Waals surface area contributed by atoms with Gasteiger partial charge in [-0.05, 0) is 51.5 Å². The van der Waals surface area contributed by atoms with Crippen LogP contribution in [0.3, 0.4) is 0 Å². The Kier molecular flexibility index (Phi) is 6.18. The monoisotopic (exact) mass is 474 g/mol. The topological polar surface area (TPSA) is 86.5 Å². The highest BCUT2D eigenvalue weighted by molar-refractivity contribution is 5.75. The summed E-state index contributed by atoms with van der Waals surface area (Å²) in [5, 5.41) is 17.8. The number of anilines is 2. The van der Waals surface area contributed by atoms with Gasteiger partial charge in [0.25, 0.3) is 6.43 Å². The van der Waals surface area contributed by atoms with Crippen LogP contribution in [0, 0.1) is 6.92 Å². The third-order valence-electron chi connectivity index (χ3n) is 7.46. The Bertz CT molecular complexity index is 1080. The number of aryl methyl sites for hydroxylation is 2. The number of rotatable bonds is 3. The van der Waals surface area contributed by atoms with E-state index in [9.17, 15) is 18.7 Å². The Hall–Kier alpha value is -2.75. The maximum Gasteiger partial charge on any atom is 0.317 e. The summed E-state index contributed by atoms with van der Waals surface area (Å²) < 4.78 is 29.5. The summed E-state index contributed by atoms with van der Waals surface area (Å²) in [7, 11) is 1.62. The van der Waals surface area contributed by atoms with Gasteiger partial charge in [-0.25, -0.2) is 13.6 Å². The minimum Gasteiger partial charge on any atom is -0.393 e. The first-order valence-electron chi connectivity index (χ1n) is 12.2. The lowest BCUT2D eigenvalue weighted by atomic mass is 9.92. The molecule has 1 saturated carbocycles. The molecule has 2 aromatic heterocycles. The number of urea groups is 1. The van der Waals surface area contributed by atoms with Crippen LogP contribution in [0.4, 0.5) is 25.1 Å². The Morgan fingerprint density at radius 2 is 1.97 bits per heavy atom. The number of aliphatic hydroxyl groups is 1. The van der Waals surface area contributed by atoms with E-state index < -0.39 is 6.43 Å². The van der Waals surface area contributed by atoms with Crippen molar-refractivity contribution in [1.29, 1.82) is 0 Å². The van der Waals surface area contributed by atoms with Crippen LogP contribution in [0.15, 0.2) is 6.07 Å². The van der Waals surface area contributed by atoms with Crippen LogP contribution in [-0.2, 0) is 19.4 Å². The van der Waals surface area contributed by atoms with E-state index >= 15 is 0 Å². The lowest BCUT2D eigenvalue weighted by Gasteiger charge is -2.33. The zero-order valence-electron chi connectivity index (χ0n) is 19.7. The molecule has 8 nitrogen and oxygen atoms in total. The Balaban J connectivity index is 1.60. The van der Waals surface area contributed by atoms with Gasteiger partial charge in [0.2, 0.25) is 0 Å². The molecule has 0 bridgehead atoms. The van der Waals surface area contributed by atoms with Crippen LogP contribution >= 0.6 is 0 Å². The molecular weight excluding hydrogens is 442 g/mol. The number of pyridine rings is 1. The second-order valence-electron chi connectivity index (χ2n) is 9.57. The van der Waals surface area contributed by atoms with Crippen LogP contribution in [0.2, 0.25) is 0 Å². The number of hydrogen-bond donors (Lipinski definition) is 2. The molecule has 3 aliphatic rings. The maximum atomic E-state index is 13.7. The highest BCUT2D eigenvalue weighted by Gasteiger charge is 2.35. The average molecular weight is 475 g/mol. The molecule has 34 heavy (non-hydrogen) atoms. The SMILES string of the molecule is CNC(=O)N1CCc2c(c(N3CCCc4nc(C)c(C(F)F)cc43)nn2C2CCC(O)CC2)C1. The number of halogens is 2. The van der Waals surface area contributed by atoms with Crippen molar-refractivity contribution in [3.05, 3.63) is 34.3 Å². The van der Waals surface area contributed by atoms with Gasteiger partial charge < -0.3 is 20.2 Å². The largest absolute Gasteiger partial charge is 0.393 e. The third-order valence-corrected chi connectivity index (χ3v) is 7.46. The minimum atomic E-state index is -2.59. The summed E-state index contributed by atoms with van der Waals surface area (Å²) in [6, 6.07) is 1.62. The van der Waals surface area contributed by atoms with Crippen LogP contribution in [0.25, 0.3) is 0 Å². The number of alkyl halides is 2. The Morgan fingerprint density at radius 1 is 1.21 bits per heavy atom. The van der Waals surface area contributed by atoms with Gasteiger partial charge in [0, 0.05) is 49.1 Å². The molecule has 2 amide bonds. The maximum absolute atomic E-state index is 13.7. The smallest absolute Gasteiger partial charge is 0.317 e. The van der Waals surface area contributed by atoms with Gasteiger partial charge >= 0.3 is 6.03 Å². The van der Waals surface area contributed by atoms with E-state index in [4.69, 9.17) is 5.10 Å². The molecule has 1 aliphatic carbocycles. The molecule has 0 saturated heterocycles. The van der Waals surface area contributed by atoms with Crippen molar-refractivity contribution >= 4 is 17.5 Å². The predicted molar refractivity (Wildman–Crippen MR) is 124 cm³/mol. The fraction of sp³-hybridized carbons (Fsp3) is 0.625. The van der Waals surface area contributed by atoms with Crippen molar-refractivity contribution in [2.24, 2.45) is 0 Å². The van der Waals surface area contributed by atoms with E-state index in [2.05, 4.69) is 15.0 Å². The molecule has 2 aromatic rings. The fourth-order valence-electron chi connectivity index (χ4n) is 5.62. The molecule has 184 valence electrons. The van der Waals surface area contributed by atoms with Gasteiger partial charge in [-0.1, -0.05) is 0 Å². The van der Waals surface area contributed by atoms with E-state index in [-0.39, 0.29) is 23.7 Å². The van der Waals surface area contributed by atoms with Crippen LogP contribution in [-0.4, -0.2) is 57.0 Å². The van der Waals surface area contributed by atoms with Crippen LogP contribution in [0.5, 0.6) is 0 Å². The minimum absolute atomic E-state index is 0.0489. The third kappa shape index (κ3) is 4.01. The number of carbonyl (C=O) groups is 1. The summed E-state index contributed by atoms with van der Waals surface area (Å²) in [6.45, 7) is 3.32. The summed E-state index contributed by atoms with van der Waals surface area (Å²) >= 11 is 0. The van der Waals surface area contributed by atoms with Gasteiger partial charge in [-0.3, -0.25) is 9.67 Å². The summed E-state index contributed by atoms with van der Waals surface area (Å²) in [6.07, 6.45) is 2.60. The molecule has 4 heterocycles. The van der Waals surface area contributed by atoms with E-state index in [0.29, 0.717) is 37.4 Å². The van der Waals surface area contributed by atoms with Crippen molar-refractivity contribution in [3.8, 4) is 0 Å². The van der Waals surface area contributed by atoms with Crippen molar-refractivity contribution in [3.63, 3.8) is 0 Å². The first kappa shape index (κ1) is 23.0. The van der Waals surface area contributed by atoms with E-state index in [0.717, 1.165) is 61.3 Å². The van der Waals surface area contributed by atoms with Gasteiger partial charge in [-0.2, -0.15) is 5.10 Å². The molecule has 5 rings (SSSR count). The lowest BCUT2D eigenvalue weighted by molar-refractivity contribution is 0.107. The second kappa shape index (κ2) is 9.13. The molecule has 1 fully saturated rings. The number of nitrogens with zero attached hydrogens (tertiary/aromatic N) is 5. The quantitative estimate of drug-likeness (QED) is 0.707. The molecular formula is C24H32F2N6O2. The number of aliphatic hydroxyl groups excluding tert-OH is 1. The molecule has 2 aliphatic heterocycles. The van der Waals surface area contributed by atoms with Gasteiger partial charge in [0.05, 0.1) is 30.1 Å². The molecule has 0 atom stereocenters. The number of aromatic nitrogens is 3. The highest BCUT2D eigenvalue weighted by atomic mass is 19.3. The number of amides is 2. The zero-order valence-corrected chi connectivity index (χ0v) is 19.7. The second-order valence-corrected chi connectivity index (χ2v) is 9.57. The highest BCUT2D eigenvalue weighted by Crippen LogP contribution is 2.41. The summed E-state index contributed by atoms with van der Waals surface area (Å²) in [5.41, 5.74) is 3.92. The van der Waals surface area contributed by atoms with Crippen molar-refractivity contribution in [2.75, 3.05) is 25.0 Å². The average Bonchev–Trinajstić information content (AvgIpc) is 3.21. The summed E-state index contributed by atoms with van der Waals surface area (Å²) in [5.74, 6) is 0.738. The first-order chi connectivity index (χ1) is 16.4. The van der Waals surface area contributed by atoms with Gasteiger partial charge in [0.15, 0.2) is 5.82 Å². The normalized spacial score (nSPS) is 22.5. The van der Waals surface area contributed by atoms with E-state index in [1.807, 2.05) is 4.90 Å². The van der Waals surface area contributed by atoms with Crippen LogP contribution < -0.4 is 10.2 Å². The molecule has 0 aromatic carbocycles. The molecule has 0 radical (unpaired) electrons. The molecule has 10 heteroatoms. The number of hydrogen-bond acceptors (Lipinski definition) is 5. The molecule has 0 unspecified atom stereocenters. The van der Waals surface area contributed by atoms with Crippen molar-refractivity contribution < 1.29 is 18.7 Å². The van der Waals surface area contributed by atoms with Crippen LogP contribution in [0.1, 0.15) is 72.8 Å². The fourth-order valence-corrected chi connectivity index (χ4v) is 5.62. The number of fused-ring (bicyclic) bond motifs is 2. The van der Waals surface area contributed by atoms with Gasteiger partial charge in [0.1, 0.15) is 0 Å². The lowest BCUT2D eigenvalue weighted by Crippen LogP contribution is -2.42.